The van der Waals surface area contributed by atoms with Crippen molar-refractivity contribution in [1.29, 1.82) is 0 Å². The normalized spacial score (nSPS) is 13.1. The third kappa shape index (κ3) is 3.24. The van der Waals surface area contributed by atoms with Crippen molar-refractivity contribution < 1.29 is 0 Å². The molecule has 1 aromatic rings. The molecule has 0 aliphatic heterocycles. The molecule has 0 saturated carbocycles. The van der Waals surface area contributed by atoms with Gasteiger partial charge in [-0.05, 0) is 36.0 Å². The van der Waals surface area contributed by atoms with E-state index in [1.165, 1.54) is 5.56 Å². The van der Waals surface area contributed by atoms with E-state index in [0.29, 0.717) is 5.92 Å². The third-order valence-electron chi connectivity index (χ3n) is 2.68. The van der Waals surface area contributed by atoms with E-state index >= 15 is 0 Å². The predicted octanol–water partition coefficient (Wildman–Crippen LogP) is 2.88. The molecule has 1 aromatic carbocycles. The highest BCUT2D eigenvalue weighted by Gasteiger charge is 2.11. The summed E-state index contributed by atoms with van der Waals surface area (Å²) in [4.78, 5) is 0. The molecule has 2 nitrogen and oxygen atoms in total. The number of anilines is 1. The monoisotopic (exact) mass is 206 g/mol. The molecular weight excluding hydrogens is 184 g/mol. The van der Waals surface area contributed by atoms with E-state index in [1.54, 1.807) is 0 Å². The lowest BCUT2D eigenvalue weighted by Gasteiger charge is -2.17. The number of aryl methyl sites for hydroxylation is 1. The van der Waals surface area contributed by atoms with E-state index in [4.69, 9.17) is 11.5 Å². The third-order valence-corrected chi connectivity index (χ3v) is 2.68. The van der Waals surface area contributed by atoms with Crippen LogP contribution in [0.4, 0.5) is 5.69 Å². The fourth-order valence-electron chi connectivity index (χ4n) is 1.80. The second-order valence-corrected chi connectivity index (χ2v) is 4.55. The summed E-state index contributed by atoms with van der Waals surface area (Å²) in [5.41, 5.74) is 15.3. The Morgan fingerprint density at radius 1 is 1.27 bits per heavy atom. The molecule has 0 amide bonds. The molecule has 0 bridgehead atoms. The van der Waals surface area contributed by atoms with Crippen LogP contribution in [0.1, 0.15) is 44.4 Å². The van der Waals surface area contributed by atoms with Crippen LogP contribution in [0.5, 0.6) is 0 Å². The molecule has 0 fully saturated rings. The average Bonchev–Trinajstić information content (AvgIpc) is 2.17. The quantitative estimate of drug-likeness (QED) is 0.744. The van der Waals surface area contributed by atoms with Gasteiger partial charge in [-0.25, -0.2) is 0 Å². The highest BCUT2D eigenvalue weighted by molar-refractivity contribution is 5.50. The predicted molar refractivity (Wildman–Crippen MR) is 66.6 cm³/mol. The van der Waals surface area contributed by atoms with Crippen molar-refractivity contribution in [2.75, 3.05) is 5.73 Å². The maximum Gasteiger partial charge on any atom is 0.0362 e. The standard InChI is InChI=1S/C13H22N2/c1-4-10-5-6-12(14)11(8-10)13(15)7-9(2)3/h5-6,8-9,13H,4,7,14-15H2,1-3H3. The summed E-state index contributed by atoms with van der Waals surface area (Å²) in [6.45, 7) is 6.50. The lowest BCUT2D eigenvalue weighted by atomic mass is 9.95. The maximum atomic E-state index is 6.14. The van der Waals surface area contributed by atoms with Gasteiger partial charge in [-0.2, -0.15) is 0 Å². The van der Waals surface area contributed by atoms with Gasteiger partial charge in [-0.3, -0.25) is 0 Å². The van der Waals surface area contributed by atoms with E-state index in [0.717, 1.165) is 24.1 Å². The Morgan fingerprint density at radius 2 is 1.93 bits per heavy atom. The first-order chi connectivity index (χ1) is 7.04. The van der Waals surface area contributed by atoms with E-state index in [9.17, 15) is 0 Å². The van der Waals surface area contributed by atoms with Crippen molar-refractivity contribution in [3.8, 4) is 0 Å². The minimum Gasteiger partial charge on any atom is -0.398 e. The van der Waals surface area contributed by atoms with Crippen LogP contribution in [0, 0.1) is 5.92 Å². The molecule has 2 heteroatoms. The minimum atomic E-state index is 0.0662. The van der Waals surface area contributed by atoms with Gasteiger partial charge in [-0.15, -0.1) is 0 Å². The van der Waals surface area contributed by atoms with Crippen molar-refractivity contribution in [2.24, 2.45) is 11.7 Å². The van der Waals surface area contributed by atoms with E-state index in [1.807, 2.05) is 6.07 Å². The molecule has 0 aliphatic carbocycles. The first-order valence-electron chi connectivity index (χ1n) is 5.68. The Balaban J connectivity index is 2.91. The molecular formula is C13H22N2. The lowest BCUT2D eigenvalue weighted by molar-refractivity contribution is 0.510. The van der Waals surface area contributed by atoms with Gasteiger partial charge in [-0.1, -0.05) is 32.9 Å². The number of hydrogen-bond acceptors (Lipinski definition) is 2. The van der Waals surface area contributed by atoms with E-state index < -0.39 is 0 Å². The molecule has 15 heavy (non-hydrogen) atoms. The molecule has 0 spiro atoms. The number of nitrogens with two attached hydrogens (primary N) is 2. The Bertz CT molecular complexity index is 318. The Hall–Kier alpha value is -1.02. The van der Waals surface area contributed by atoms with Crippen LogP contribution < -0.4 is 11.5 Å². The Morgan fingerprint density at radius 3 is 2.47 bits per heavy atom. The minimum absolute atomic E-state index is 0.0662. The van der Waals surface area contributed by atoms with Crippen LogP contribution in [0.25, 0.3) is 0 Å². The first kappa shape index (κ1) is 12.1. The summed E-state index contributed by atoms with van der Waals surface area (Å²) in [5, 5.41) is 0. The molecule has 0 radical (unpaired) electrons. The summed E-state index contributed by atoms with van der Waals surface area (Å²) in [5.74, 6) is 0.602. The van der Waals surface area contributed by atoms with Crippen LogP contribution in [0.2, 0.25) is 0 Å². The lowest BCUT2D eigenvalue weighted by Crippen LogP contribution is -2.15. The summed E-state index contributed by atoms with van der Waals surface area (Å²) >= 11 is 0. The van der Waals surface area contributed by atoms with Crippen molar-refractivity contribution >= 4 is 5.69 Å². The van der Waals surface area contributed by atoms with Gasteiger partial charge in [0.2, 0.25) is 0 Å². The van der Waals surface area contributed by atoms with Crippen LogP contribution >= 0.6 is 0 Å². The zero-order valence-corrected chi connectivity index (χ0v) is 9.96. The van der Waals surface area contributed by atoms with Crippen molar-refractivity contribution in [3.63, 3.8) is 0 Å². The fourth-order valence-corrected chi connectivity index (χ4v) is 1.80. The first-order valence-corrected chi connectivity index (χ1v) is 5.68. The second-order valence-electron chi connectivity index (χ2n) is 4.55. The zero-order valence-electron chi connectivity index (χ0n) is 9.96. The molecule has 0 heterocycles. The van der Waals surface area contributed by atoms with Gasteiger partial charge in [0.25, 0.3) is 0 Å². The van der Waals surface area contributed by atoms with E-state index in [2.05, 4.69) is 32.9 Å². The van der Waals surface area contributed by atoms with Crippen LogP contribution in [-0.2, 0) is 6.42 Å². The van der Waals surface area contributed by atoms with E-state index in [-0.39, 0.29) is 6.04 Å². The molecule has 0 saturated heterocycles. The average molecular weight is 206 g/mol. The SMILES string of the molecule is CCc1ccc(N)c(C(N)CC(C)C)c1. The largest absolute Gasteiger partial charge is 0.398 e. The van der Waals surface area contributed by atoms with Gasteiger partial charge >= 0.3 is 0 Å². The molecule has 4 N–H and O–H groups in total. The van der Waals surface area contributed by atoms with Crippen molar-refractivity contribution in [2.45, 2.75) is 39.7 Å². The summed E-state index contributed by atoms with van der Waals surface area (Å²) < 4.78 is 0. The molecule has 1 atom stereocenters. The smallest absolute Gasteiger partial charge is 0.0362 e. The highest BCUT2D eigenvalue weighted by Crippen LogP contribution is 2.25. The van der Waals surface area contributed by atoms with Crippen LogP contribution in [0.3, 0.4) is 0 Å². The van der Waals surface area contributed by atoms with Gasteiger partial charge in [0.1, 0.15) is 0 Å². The van der Waals surface area contributed by atoms with Crippen LogP contribution in [0.15, 0.2) is 18.2 Å². The van der Waals surface area contributed by atoms with Crippen LogP contribution in [-0.4, -0.2) is 0 Å². The maximum absolute atomic E-state index is 6.14. The number of benzene rings is 1. The molecule has 1 rings (SSSR count). The van der Waals surface area contributed by atoms with Crippen molar-refractivity contribution in [3.05, 3.63) is 29.3 Å². The number of nitrogen functional groups attached to an aromatic ring is 1. The molecule has 1 unspecified atom stereocenters. The molecule has 0 aliphatic rings. The summed E-state index contributed by atoms with van der Waals surface area (Å²) in [7, 11) is 0. The van der Waals surface area contributed by atoms with Gasteiger partial charge < -0.3 is 11.5 Å². The van der Waals surface area contributed by atoms with Gasteiger partial charge in [0.05, 0.1) is 0 Å². The number of hydrogen-bond donors (Lipinski definition) is 2. The zero-order chi connectivity index (χ0) is 11.4. The summed E-state index contributed by atoms with van der Waals surface area (Å²) in [6.07, 6.45) is 2.01. The fraction of sp³-hybridized carbons (Fsp3) is 0.538. The Kier molecular flexibility index (Phi) is 4.15. The Labute approximate surface area is 92.7 Å². The summed E-state index contributed by atoms with van der Waals surface area (Å²) in [6, 6.07) is 6.24. The second kappa shape index (κ2) is 5.17. The van der Waals surface area contributed by atoms with Crippen molar-refractivity contribution in [1.82, 2.24) is 0 Å². The topological polar surface area (TPSA) is 52.0 Å². The molecule has 0 aromatic heterocycles. The number of rotatable bonds is 4. The molecule has 84 valence electrons. The van der Waals surface area contributed by atoms with Gasteiger partial charge in [0, 0.05) is 11.7 Å². The van der Waals surface area contributed by atoms with Gasteiger partial charge in [0.15, 0.2) is 0 Å². The highest BCUT2D eigenvalue weighted by atomic mass is 14.7.